The number of carboxylic acid groups (broad SMARTS) is 1. The maximum absolute atomic E-state index is 12.2. The summed E-state index contributed by atoms with van der Waals surface area (Å²) in [7, 11) is 0. The Morgan fingerprint density at radius 3 is 2.29 bits per heavy atom. The van der Waals surface area contributed by atoms with E-state index in [9.17, 15) is 9.59 Å². The molecule has 0 bridgehead atoms. The van der Waals surface area contributed by atoms with E-state index >= 15 is 0 Å². The van der Waals surface area contributed by atoms with Gasteiger partial charge < -0.3 is 5.11 Å². The third-order valence-corrected chi connectivity index (χ3v) is 3.57. The van der Waals surface area contributed by atoms with Gasteiger partial charge in [0.2, 0.25) is 0 Å². The molecule has 1 N–H and O–H groups in total. The van der Waals surface area contributed by atoms with Crippen LogP contribution in [0.15, 0.2) is 4.79 Å². The molecule has 0 aliphatic carbocycles. The number of carbonyl (C=O) groups is 1. The van der Waals surface area contributed by atoms with Crippen LogP contribution in [-0.4, -0.2) is 20.6 Å². The molecule has 1 aromatic heterocycles. The molecule has 0 fully saturated rings. The Bertz CT molecular complexity index is 568. The molecular weight excluding hydrogens is 268 g/mol. The van der Waals surface area contributed by atoms with Crippen molar-refractivity contribution in [3.05, 3.63) is 27.4 Å². The highest BCUT2D eigenvalue weighted by Gasteiger charge is 2.19. The van der Waals surface area contributed by atoms with Crippen LogP contribution in [0.4, 0.5) is 0 Å². The molecule has 0 aliphatic heterocycles. The lowest BCUT2D eigenvalue weighted by molar-refractivity contribution is -0.136. The fourth-order valence-electron chi connectivity index (χ4n) is 2.42. The van der Waals surface area contributed by atoms with Crippen LogP contribution >= 0.6 is 0 Å². The third kappa shape index (κ3) is 4.69. The first-order valence-corrected chi connectivity index (χ1v) is 7.52. The molecule has 0 aliphatic rings. The Hall–Kier alpha value is -1.65. The summed E-state index contributed by atoms with van der Waals surface area (Å²) in [4.78, 5) is 27.4. The van der Waals surface area contributed by atoms with E-state index in [4.69, 9.17) is 5.11 Å². The summed E-state index contributed by atoms with van der Waals surface area (Å²) in [6, 6.07) is 0. The van der Waals surface area contributed by atoms with E-state index in [2.05, 4.69) is 25.8 Å². The van der Waals surface area contributed by atoms with E-state index in [-0.39, 0.29) is 17.5 Å². The molecule has 1 rings (SSSR count). The number of aliphatic carboxylic acids is 1. The van der Waals surface area contributed by atoms with Crippen molar-refractivity contribution in [2.45, 2.75) is 66.8 Å². The van der Waals surface area contributed by atoms with Gasteiger partial charge in [0.05, 0.1) is 12.1 Å². The van der Waals surface area contributed by atoms with Crippen molar-refractivity contribution in [3.8, 4) is 0 Å². The molecule has 1 heterocycles. The van der Waals surface area contributed by atoms with Gasteiger partial charge >= 0.3 is 11.7 Å². The Morgan fingerprint density at radius 2 is 1.86 bits per heavy atom. The lowest BCUT2D eigenvalue weighted by atomic mass is 9.92. The normalized spacial score (nSPS) is 11.7. The summed E-state index contributed by atoms with van der Waals surface area (Å²) < 4.78 is 1.66. The second-order valence-electron chi connectivity index (χ2n) is 6.51. The van der Waals surface area contributed by atoms with Crippen molar-refractivity contribution >= 4 is 5.97 Å². The molecule has 0 unspecified atom stereocenters. The highest BCUT2D eigenvalue weighted by atomic mass is 16.4. The van der Waals surface area contributed by atoms with E-state index in [0.29, 0.717) is 30.6 Å². The van der Waals surface area contributed by atoms with Crippen molar-refractivity contribution in [1.82, 2.24) is 9.55 Å². The first kappa shape index (κ1) is 17.4. The fourth-order valence-corrected chi connectivity index (χ4v) is 2.42. The monoisotopic (exact) mass is 294 g/mol. The van der Waals surface area contributed by atoms with Gasteiger partial charge in [-0.1, -0.05) is 34.6 Å². The molecule has 0 saturated carbocycles. The van der Waals surface area contributed by atoms with E-state index in [1.807, 2.05) is 13.8 Å². The van der Waals surface area contributed by atoms with Gasteiger partial charge in [0.25, 0.3) is 0 Å². The van der Waals surface area contributed by atoms with Crippen molar-refractivity contribution in [2.75, 3.05) is 0 Å². The molecule has 1 aromatic rings. The number of carboxylic acids is 1. The zero-order valence-electron chi connectivity index (χ0n) is 13.7. The second-order valence-corrected chi connectivity index (χ2v) is 6.51. The minimum absolute atomic E-state index is 0.0743. The predicted molar refractivity (Wildman–Crippen MR) is 82.7 cm³/mol. The van der Waals surface area contributed by atoms with Crippen LogP contribution in [-0.2, 0) is 30.6 Å². The van der Waals surface area contributed by atoms with Crippen LogP contribution in [0.2, 0.25) is 0 Å². The molecule has 0 amide bonds. The predicted octanol–water partition coefficient (Wildman–Crippen LogP) is 2.43. The van der Waals surface area contributed by atoms with Crippen LogP contribution in [0.3, 0.4) is 0 Å². The smallest absolute Gasteiger partial charge is 0.347 e. The minimum Gasteiger partial charge on any atom is -0.481 e. The highest BCUT2D eigenvalue weighted by molar-refractivity contribution is 5.71. The maximum Gasteiger partial charge on any atom is 0.347 e. The summed E-state index contributed by atoms with van der Waals surface area (Å²) in [5.74, 6) is -0.887. The Labute approximate surface area is 126 Å². The lowest BCUT2D eigenvalue weighted by Gasteiger charge is -2.22. The SMILES string of the molecule is CCc1nc(=O)n(CCC(C)(C)C)c(CC)c1CC(=O)O. The summed E-state index contributed by atoms with van der Waals surface area (Å²) in [6.45, 7) is 10.8. The van der Waals surface area contributed by atoms with Crippen LogP contribution in [0, 0.1) is 5.41 Å². The van der Waals surface area contributed by atoms with Gasteiger partial charge in [0.15, 0.2) is 0 Å². The number of aryl methyl sites for hydroxylation is 1. The topological polar surface area (TPSA) is 72.2 Å². The highest BCUT2D eigenvalue weighted by Crippen LogP contribution is 2.21. The van der Waals surface area contributed by atoms with Gasteiger partial charge in [-0.3, -0.25) is 9.36 Å². The first-order chi connectivity index (χ1) is 9.69. The minimum atomic E-state index is -0.887. The summed E-state index contributed by atoms with van der Waals surface area (Å²) in [6.07, 6.45) is 1.98. The standard InChI is InChI=1S/C16H26N2O3/c1-6-12-11(10-14(19)20)13(7-2)18(15(21)17-12)9-8-16(3,4)5/h6-10H2,1-5H3,(H,19,20). The Kier molecular flexibility index (Phi) is 5.70. The summed E-state index contributed by atoms with van der Waals surface area (Å²) in [5.41, 5.74) is 1.99. The van der Waals surface area contributed by atoms with E-state index < -0.39 is 5.97 Å². The number of nitrogens with zero attached hydrogens (tertiary/aromatic N) is 2. The molecule has 5 nitrogen and oxygen atoms in total. The van der Waals surface area contributed by atoms with Crippen LogP contribution < -0.4 is 5.69 Å². The number of rotatable bonds is 6. The molecule has 21 heavy (non-hydrogen) atoms. The molecule has 0 radical (unpaired) electrons. The van der Waals surface area contributed by atoms with Crippen LogP contribution in [0.25, 0.3) is 0 Å². The van der Waals surface area contributed by atoms with Gasteiger partial charge in [0, 0.05) is 17.8 Å². The summed E-state index contributed by atoms with van der Waals surface area (Å²) in [5, 5.41) is 9.11. The zero-order valence-corrected chi connectivity index (χ0v) is 13.7. The number of hydrogen-bond donors (Lipinski definition) is 1. The number of aromatic nitrogens is 2. The Balaban J connectivity index is 3.35. The van der Waals surface area contributed by atoms with Crippen molar-refractivity contribution in [2.24, 2.45) is 5.41 Å². The average molecular weight is 294 g/mol. The first-order valence-electron chi connectivity index (χ1n) is 7.52. The molecule has 0 atom stereocenters. The van der Waals surface area contributed by atoms with Crippen LogP contribution in [0.1, 0.15) is 58.0 Å². The van der Waals surface area contributed by atoms with Gasteiger partial charge in [0.1, 0.15) is 0 Å². The van der Waals surface area contributed by atoms with Gasteiger partial charge in [-0.15, -0.1) is 0 Å². The van der Waals surface area contributed by atoms with Gasteiger partial charge in [-0.05, 0) is 24.7 Å². The molecule has 0 spiro atoms. The van der Waals surface area contributed by atoms with Crippen molar-refractivity contribution < 1.29 is 9.90 Å². The second kappa shape index (κ2) is 6.87. The lowest BCUT2D eigenvalue weighted by Crippen LogP contribution is -2.31. The molecular formula is C16H26N2O3. The van der Waals surface area contributed by atoms with E-state index in [1.54, 1.807) is 4.57 Å². The maximum atomic E-state index is 12.2. The van der Waals surface area contributed by atoms with Crippen molar-refractivity contribution in [3.63, 3.8) is 0 Å². The zero-order chi connectivity index (χ0) is 16.2. The molecule has 118 valence electrons. The molecule has 0 aromatic carbocycles. The van der Waals surface area contributed by atoms with E-state index in [1.165, 1.54) is 0 Å². The number of hydrogen-bond acceptors (Lipinski definition) is 3. The van der Waals surface area contributed by atoms with E-state index in [0.717, 1.165) is 12.1 Å². The average Bonchev–Trinajstić information content (AvgIpc) is 2.36. The van der Waals surface area contributed by atoms with Gasteiger partial charge in [-0.2, -0.15) is 4.98 Å². The van der Waals surface area contributed by atoms with Gasteiger partial charge in [-0.25, -0.2) is 4.79 Å². The van der Waals surface area contributed by atoms with Crippen LogP contribution in [0.5, 0.6) is 0 Å². The fraction of sp³-hybridized carbons (Fsp3) is 0.688. The Morgan fingerprint density at radius 1 is 1.24 bits per heavy atom. The van der Waals surface area contributed by atoms with Crippen molar-refractivity contribution in [1.29, 1.82) is 0 Å². The quantitative estimate of drug-likeness (QED) is 0.874. The third-order valence-electron chi connectivity index (χ3n) is 3.57. The largest absolute Gasteiger partial charge is 0.481 e. The molecule has 5 heteroatoms. The molecule has 0 saturated heterocycles. The summed E-state index contributed by atoms with van der Waals surface area (Å²) >= 11 is 0.